The zero-order chi connectivity index (χ0) is 25.5. The second-order valence-electron chi connectivity index (χ2n) is 7.64. The van der Waals surface area contributed by atoms with Crippen molar-refractivity contribution in [3.8, 4) is 17.2 Å². The molecule has 2 heterocycles. The van der Waals surface area contributed by atoms with Crippen molar-refractivity contribution in [1.29, 1.82) is 0 Å². The van der Waals surface area contributed by atoms with Crippen LogP contribution in [0.25, 0.3) is 0 Å². The van der Waals surface area contributed by atoms with Crippen LogP contribution in [0.2, 0.25) is 0 Å². The highest BCUT2D eigenvalue weighted by Crippen LogP contribution is 2.39. The largest absolute Gasteiger partial charge is 0.490 e. The highest BCUT2D eigenvalue weighted by atomic mass is 32.2. The van der Waals surface area contributed by atoms with Crippen LogP contribution in [-0.4, -0.2) is 54.1 Å². The highest BCUT2D eigenvalue weighted by Gasteiger charge is 2.24. The summed E-state index contributed by atoms with van der Waals surface area (Å²) in [6.45, 7) is 7.53. The zero-order valence-electron chi connectivity index (χ0n) is 20.4. The molecule has 190 valence electrons. The molecule has 3 aromatic rings. The van der Waals surface area contributed by atoms with Crippen LogP contribution in [0.1, 0.15) is 36.7 Å². The lowest BCUT2D eigenvalue weighted by Gasteiger charge is -2.16. The summed E-state index contributed by atoms with van der Waals surface area (Å²) in [6, 6.07) is 11.2. The molecule has 1 aromatic heterocycles. The number of amides is 2. The molecule has 36 heavy (non-hydrogen) atoms. The van der Waals surface area contributed by atoms with Gasteiger partial charge >= 0.3 is 0 Å². The van der Waals surface area contributed by atoms with Gasteiger partial charge in [0.1, 0.15) is 0 Å². The maximum atomic E-state index is 13.0. The number of rotatable bonds is 11. The van der Waals surface area contributed by atoms with Crippen LogP contribution in [0, 0.1) is 0 Å². The molecule has 0 aliphatic carbocycles. The van der Waals surface area contributed by atoms with E-state index in [-0.39, 0.29) is 17.6 Å². The lowest BCUT2D eigenvalue weighted by molar-refractivity contribution is -0.116. The first-order valence-corrected chi connectivity index (χ1v) is 13.6. The van der Waals surface area contributed by atoms with Crippen molar-refractivity contribution < 1.29 is 23.8 Å². The van der Waals surface area contributed by atoms with E-state index in [4.69, 9.17) is 14.2 Å². The molecule has 1 aliphatic rings. The van der Waals surface area contributed by atoms with Crippen LogP contribution in [0.4, 0.5) is 10.8 Å². The van der Waals surface area contributed by atoms with Crippen molar-refractivity contribution in [2.24, 2.45) is 0 Å². The predicted octanol–water partition coefficient (Wildman–Crippen LogP) is 4.67. The molecule has 4 rings (SSSR count). The molecule has 0 spiro atoms. The van der Waals surface area contributed by atoms with Gasteiger partial charge in [-0.05, 0) is 51.0 Å². The van der Waals surface area contributed by atoms with Crippen LogP contribution in [0.5, 0.6) is 17.2 Å². The third-order valence-electron chi connectivity index (χ3n) is 5.31. The van der Waals surface area contributed by atoms with Crippen LogP contribution in [0.3, 0.4) is 0 Å². The number of carbonyl (C=O) groups excluding carboxylic acids is 2. The summed E-state index contributed by atoms with van der Waals surface area (Å²) in [5.74, 6) is 1.23. The van der Waals surface area contributed by atoms with Crippen molar-refractivity contribution >= 4 is 45.7 Å². The maximum Gasteiger partial charge on any atom is 0.257 e. The van der Waals surface area contributed by atoms with Gasteiger partial charge < -0.3 is 19.1 Å². The Morgan fingerprint density at radius 1 is 1.03 bits per heavy atom. The molecule has 11 heteroatoms. The van der Waals surface area contributed by atoms with Crippen molar-refractivity contribution in [2.45, 2.75) is 31.5 Å². The van der Waals surface area contributed by atoms with Crippen LogP contribution in [0.15, 0.2) is 40.7 Å². The minimum atomic E-state index is -0.377. The average molecular weight is 529 g/mol. The summed E-state index contributed by atoms with van der Waals surface area (Å²) in [7, 11) is 0. The Kier molecular flexibility index (Phi) is 8.65. The van der Waals surface area contributed by atoms with Crippen molar-refractivity contribution in [3.63, 3.8) is 0 Å². The second-order valence-corrected chi connectivity index (χ2v) is 9.84. The summed E-state index contributed by atoms with van der Waals surface area (Å²) in [5, 5.41) is 11.3. The Bertz CT molecular complexity index is 1210. The first kappa shape index (κ1) is 25.8. The number of nitrogens with zero attached hydrogens (tertiary/aromatic N) is 3. The lowest BCUT2D eigenvalue weighted by atomic mass is 10.1. The molecular weight excluding hydrogens is 500 g/mol. The van der Waals surface area contributed by atoms with Gasteiger partial charge in [-0.2, -0.15) is 0 Å². The molecule has 2 aromatic carbocycles. The summed E-state index contributed by atoms with van der Waals surface area (Å²) in [4.78, 5) is 27.5. The van der Waals surface area contributed by atoms with Gasteiger partial charge in [0, 0.05) is 17.8 Å². The number of para-hydroxylation sites is 1. The number of anilines is 2. The van der Waals surface area contributed by atoms with Crippen molar-refractivity contribution in [1.82, 2.24) is 10.2 Å². The molecule has 0 fully saturated rings. The minimum absolute atomic E-state index is 0.0204. The number of hydrogen-bond acceptors (Lipinski definition) is 9. The molecule has 0 radical (unpaired) electrons. The van der Waals surface area contributed by atoms with E-state index >= 15 is 0 Å². The van der Waals surface area contributed by atoms with Gasteiger partial charge in [0.15, 0.2) is 15.8 Å². The predicted molar refractivity (Wildman–Crippen MR) is 141 cm³/mol. The number of thioether (sulfide) groups is 1. The molecule has 1 N–H and O–H groups in total. The summed E-state index contributed by atoms with van der Waals surface area (Å²) < 4.78 is 17.7. The maximum absolute atomic E-state index is 13.0. The Labute approximate surface area is 218 Å². The van der Waals surface area contributed by atoms with Gasteiger partial charge in [-0.1, -0.05) is 41.3 Å². The fourth-order valence-electron chi connectivity index (χ4n) is 3.81. The molecule has 9 nitrogen and oxygen atoms in total. The van der Waals surface area contributed by atoms with Gasteiger partial charge in [0.2, 0.25) is 16.8 Å². The van der Waals surface area contributed by atoms with Gasteiger partial charge in [0.25, 0.3) is 5.91 Å². The van der Waals surface area contributed by atoms with Crippen molar-refractivity contribution in [3.05, 3.63) is 47.5 Å². The van der Waals surface area contributed by atoms with E-state index < -0.39 is 0 Å². The van der Waals surface area contributed by atoms with Crippen LogP contribution in [-0.2, 0) is 11.2 Å². The number of carbonyl (C=O) groups is 2. The second kappa shape index (κ2) is 12.1. The number of benzene rings is 2. The van der Waals surface area contributed by atoms with Crippen LogP contribution < -0.4 is 24.4 Å². The first-order valence-electron chi connectivity index (χ1n) is 11.8. The molecule has 0 saturated heterocycles. The molecular formula is C25H28N4O5S2. The normalized spacial score (nSPS) is 12.2. The molecule has 0 atom stereocenters. The van der Waals surface area contributed by atoms with Crippen LogP contribution >= 0.6 is 23.1 Å². The number of aromatic nitrogens is 2. The third kappa shape index (κ3) is 5.90. The fraction of sp³-hybridized carbons (Fsp3) is 0.360. The van der Waals surface area contributed by atoms with E-state index in [1.165, 1.54) is 28.7 Å². The van der Waals surface area contributed by atoms with E-state index in [2.05, 4.69) is 21.6 Å². The zero-order valence-corrected chi connectivity index (χ0v) is 22.0. The SMILES string of the molecule is CCOc1cc(C(=O)Nc2nnc(SCC(=O)N3CCc4ccccc43)s2)cc(OCC)c1OCC. The van der Waals surface area contributed by atoms with E-state index in [1.807, 2.05) is 43.9 Å². The molecule has 2 amide bonds. The average Bonchev–Trinajstić information content (AvgIpc) is 3.51. The minimum Gasteiger partial charge on any atom is -0.490 e. The van der Waals surface area contributed by atoms with Gasteiger partial charge in [-0.3, -0.25) is 14.9 Å². The Hall–Kier alpha value is -3.31. The van der Waals surface area contributed by atoms with Crippen molar-refractivity contribution in [2.75, 3.05) is 42.3 Å². The van der Waals surface area contributed by atoms with E-state index in [1.54, 1.807) is 12.1 Å². The molecule has 0 bridgehead atoms. The highest BCUT2D eigenvalue weighted by molar-refractivity contribution is 8.01. The fourth-order valence-corrected chi connectivity index (χ4v) is 5.43. The summed E-state index contributed by atoms with van der Waals surface area (Å²) in [6.07, 6.45) is 0.864. The van der Waals surface area contributed by atoms with Gasteiger partial charge in [-0.15, -0.1) is 10.2 Å². The molecule has 0 saturated carbocycles. The lowest BCUT2D eigenvalue weighted by Crippen LogP contribution is -2.30. The number of nitrogens with one attached hydrogen (secondary N) is 1. The smallest absolute Gasteiger partial charge is 0.257 e. The number of fused-ring (bicyclic) bond motifs is 1. The Morgan fingerprint density at radius 2 is 1.72 bits per heavy atom. The number of ether oxygens (including phenoxy) is 3. The monoisotopic (exact) mass is 528 g/mol. The summed E-state index contributed by atoms with van der Waals surface area (Å²) in [5.41, 5.74) is 2.50. The molecule has 1 aliphatic heterocycles. The summed E-state index contributed by atoms with van der Waals surface area (Å²) >= 11 is 2.52. The quantitative estimate of drug-likeness (QED) is 0.283. The topological polar surface area (TPSA) is 103 Å². The molecule has 0 unspecified atom stereocenters. The third-order valence-corrected chi connectivity index (χ3v) is 7.26. The van der Waals surface area contributed by atoms with E-state index in [0.717, 1.165) is 12.1 Å². The van der Waals surface area contributed by atoms with Gasteiger partial charge in [-0.25, -0.2) is 0 Å². The Balaban J connectivity index is 1.40. The number of hydrogen-bond donors (Lipinski definition) is 1. The first-order chi connectivity index (χ1) is 17.5. The van der Waals surface area contributed by atoms with E-state index in [9.17, 15) is 9.59 Å². The Morgan fingerprint density at radius 3 is 2.42 bits per heavy atom. The van der Waals surface area contributed by atoms with Gasteiger partial charge in [0.05, 0.1) is 25.6 Å². The standard InChI is InChI=1S/C25H28N4O5S2/c1-4-32-19-13-17(14-20(33-5-2)22(19)34-6-3)23(31)26-24-27-28-25(36-24)35-15-21(30)29-12-11-16-9-7-8-10-18(16)29/h7-10,13-14H,4-6,11-12,15H2,1-3H3,(H,26,27,31). The van der Waals surface area contributed by atoms with E-state index in [0.29, 0.717) is 58.6 Å².